The van der Waals surface area contributed by atoms with E-state index < -0.39 is 10.0 Å². The predicted octanol–water partition coefficient (Wildman–Crippen LogP) is 3.91. The quantitative estimate of drug-likeness (QED) is 0.513. The summed E-state index contributed by atoms with van der Waals surface area (Å²) in [5, 5.41) is 2.88. The smallest absolute Gasteiger partial charge is 0.243 e. The second kappa shape index (κ2) is 11.2. The molecule has 0 aliphatic carbocycles. The largest absolute Gasteiger partial charge is 0.496 e. The number of carbonyl (C=O) groups is 1. The summed E-state index contributed by atoms with van der Waals surface area (Å²) in [4.78, 5) is 12.7. The lowest BCUT2D eigenvalue weighted by atomic mass is 9.86. The number of methoxy groups -OCH3 is 1. The number of para-hydroxylation sites is 1. The highest BCUT2D eigenvalue weighted by atomic mass is 32.2. The molecular formula is C26H36N2O5S. The molecule has 2 aromatic rings. The number of hydrogen-bond donors (Lipinski definition) is 1. The minimum atomic E-state index is -3.52. The van der Waals surface area contributed by atoms with E-state index in [-0.39, 0.29) is 22.6 Å². The van der Waals surface area contributed by atoms with Crippen molar-refractivity contribution in [1.29, 1.82) is 0 Å². The van der Waals surface area contributed by atoms with Gasteiger partial charge in [0.05, 0.1) is 18.6 Å². The normalized spacial score (nSPS) is 14.7. The van der Waals surface area contributed by atoms with Crippen molar-refractivity contribution < 1.29 is 22.7 Å². The summed E-state index contributed by atoms with van der Waals surface area (Å²) in [6, 6.07) is 12.8. The Morgan fingerprint density at radius 3 is 2.44 bits per heavy atom. The van der Waals surface area contributed by atoms with Crippen molar-refractivity contribution in [3.63, 3.8) is 0 Å². The van der Waals surface area contributed by atoms with Crippen LogP contribution in [-0.2, 0) is 26.7 Å². The molecule has 3 rings (SSSR count). The molecule has 1 aliphatic rings. The molecule has 1 fully saturated rings. The van der Waals surface area contributed by atoms with Gasteiger partial charge in [-0.05, 0) is 60.1 Å². The van der Waals surface area contributed by atoms with Crippen LogP contribution in [0.5, 0.6) is 11.5 Å². The van der Waals surface area contributed by atoms with Crippen LogP contribution < -0.4 is 14.8 Å². The lowest BCUT2D eigenvalue weighted by molar-refractivity contribution is -0.121. The SMILES string of the molecule is COc1ccc(S(=O)(=O)N2CCCC2)cc1CCC(=O)NCCOc1ccccc1C(C)(C)C. The molecule has 2 aromatic carbocycles. The summed E-state index contributed by atoms with van der Waals surface area (Å²) in [7, 11) is -1.98. The van der Waals surface area contributed by atoms with Crippen LogP contribution >= 0.6 is 0 Å². The van der Waals surface area contributed by atoms with Crippen molar-refractivity contribution in [2.24, 2.45) is 0 Å². The Bertz CT molecular complexity index is 1090. The first-order valence-electron chi connectivity index (χ1n) is 11.8. The molecule has 1 amide bonds. The molecule has 1 heterocycles. The summed E-state index contributed by atoms with van der Waals surface area (Å²) in [6.07, 6.45) is 2.37. The topological polar surface area (TPSA) is 84.9 Å². The Hall–Kier alpha value is -2.58. The average molecular weight is 489 g/mol. The molecule has 0 saturated carbocycles. The molecule has 0 radical (unpaired) electrons. The van der Waals surface area contributed by atoms with Crippen molar-refractivity contribution in [3.8, 4) is 11.5 Å². The van der Waals surface area contributed by atoms with Gasteiger partial charge in [0, 0.05) is 19.5 Å². The minimum absolute atomic E-state index is 0.0321. The second-order valence-corrected chi connectivity index (χ2v) is 11.5. The highest BCUT2D eigenvalue weighted by molar-refractivity contribution is 7.89. The number of benzene rings is 2. The molecule has 7 nitrogen and oxygen atoms in total. The second-order valence-electron chi connectivity index (χ2n) is 9.53. The Kier molecular flexibility index (Phi) is 8.60. The number of ether oxygens (including phenoxy) is 2. The van der Waals surface area contributed by atoms with Gasteiger partial charge in [-0.2, -0.15) is 4.31 Å². The van der Waals surface area contributed by atoms with Crippen molar-refractivity contribution in [3.05, 3.63) is 53.6 Å². The minimum Gasteiger partial charge on any atom is -0.496 e. The molecule has 0 bridgehead atoms. The number of nitrogens with one attached hydrogen (secondary N) is 1. The van der Waals surface area contributed by atoms with E-state index in [1.165, 1.54) is 4.31 Å². The van der Waals surface area contributed by atoms with E-state index in [1.54, 1.807) is 25.3 Å². The molecule has 34 heavy (non-hydrogen) atoms. The highest BCUT2D eigenvalue weighted by Crippen LogP contribution is 2.31. The number of nitrogens with zero attached hydrogens (tertiary/aromatic N) is 1. The van der Waals surface area contributed by atoms with Crippen LogP contribution in [0.15, 0.2) is 47.4 Å². The molecule has 0 spiro atoms. The number of sulfonamides is 1. The van der Waals surface area contributed by atoms with Gasteiger partial charge in [0.25, 0.3) is 0 Å². The summed E-state index contributed by atoms with van der Waals surface area (Å²) in [5.74, 6) is 1.28. The number of aryl methyl sites for hydroxylation is 1. The highest BCUT2D eigenvalue weighted by Gasteiger charge is 2.28. The van der Waals surface area contributed by atoms with Crippen molar-refractivity contribution >= 4 is 15.9 Å². The zero-order valence-electron chi connectivity index (χ0n) is 20.6. The van der Waals surface area contributed by atoms with Crippen LogP contribution in [0.4, 0.5) is 0 Å². The Morgan fingerprint density at radius 2 is 1.76 bits per heavy atom. The van der Waals surface area contributed by atoms with E-state index in [1.807, 2.05) is 18.2 Å². The lowest BCUT2D eigenvalue weighted by Gasteiger charge is -2.22. The van der Waals surface area contributed by atoms with E-state index in [9.17, 15) is 13.2 Å². The van der Waals surface area contributed by atoms with Gasteiger partial charge in [-0.3, -0.25) is 4.79 Å². The fourth-order valence-electron chi connectivity index (χ4n) is 4.09. The first-order chi connectivity index (χ1) is 16.1. The standard InChI is InChI=1S/C26H36N2O5S/c1-26(2,3)22-9-5-6-10-24(22)33-18-15-27-25(29)14-11-20-19-21(12-13-23(20)32-4)34(30,31)28-16-7-8-17-28/h5-6,9-10,12-13,19H,7-8,11,14-18H2,1-4H3,(H,27,29). The van der Waals surface area contributed by atoms with Crippen LogP contribution in [0.1, 0.15) is 51.2 Å². The third-order valence-corrected chi connectivity index (χ3v) is 7.85. The van der Waals surface area contributed by atoms with Gasteiger partial charge in [-0.15, -0.1) is 0 Å². The molecule has 1 aliphatic heterocycles. The Balaban J connectivity index is 1.54. The maximum Gasteiger partial charge on any atom is 0.243 e. The number of amides is 1. The Labute approximate surface area is 203 Å². The fraction of sp³-hybridized carbons (Fsp3) is 0.500. The van der Waals surface area contributed by atoms with E-state index in [4.69, 9.17) is 9.47 Å². The summed E-state index contributed by atoms with van der Waals surface area (Å²) < 4.78 is 38.6. The summed E-state index contributed by atoms with van der Waals surface area (Å²) >= 11 is 0. The van der Waals surface area contributed by atoms with Crippen LogP contribution in [0.25, 0.3) is 0 Å². The van der Waals surface area contributed by atoms with Crippen LogP contribution in [0.3, 0.4) is 0 Å². The van der Waals surface area contributed by atoms with Gasteiger partial charge in [0.2, 0.25) is 15.9 Å². The van der Waals surface area contributed by atoms with Crippen molar-refractivity contribution in [2.45, 2.75) is 56.8 Å². The lowest BCUT2D eigenvalue weighted by Crippen LogP contribution is -2.29. The van der Waals surface area contributed by atoms with E-state index >= 15 is 0 Å². The number of rotatable bonds is 10. The molecule has 1 N–H and O–H groups in total. The summed E-state index contributed by atoms with van der Waals surface area (Å²) in [6.45, 7) is 8.26. The van der Waals surface area contributed by atoms with Gasteiger partial charge in [-0.25, -0.2) is 8.42 Å². The van der Waals surface area contributed by atoms with Crippen LogP contribution in [0.2, 0.25) is 0 Å². The van der Waals surface area contributed by atoms with Gasteiger partial charge < -0.3 is 14.8 Å². The maximum atomic E-state index is 12.9. The monoisotopic (exact) mass is 488 g/mol. The van der Waals surface area contributed by atoms with Gasteiger partial charge in [0.1, 0.15) is 18.1 Å². The molecule has 8 heteroatoms. The zero-order valence-corrected chi connectivity index (χ0v) is 21.4. The first kappa shape index (κ1) is 26.0. The molecular weight excluding hydrogens is 452 g/mol. The van der Waals surface area contributed by atoms with E-state index in [0.29, 0.717) is 44.0 Å². The molecule has 0 aromatic heterocycles. The Morgan fingerprint density at radius 1 is 1.06 bits per heavy atom. The first-order valence-corrected chi connectivity index (χ1v) is 13.2. The van der Waals surface area contributed by atoms with E-state index in [0.717, 1.165) is 24.2 Å². The predicted molar refractivity (Wildman–Crippen MR) is 133 cm³/mol. The zero-order chi connectivity index (χ0) is 24.8. The number of hydrogen-bond acceptors (Lipinski definition) is 5. The third-order valence-electron chi connectivity index (χ3n) is 5.95. The average Bonchev–Trinajstić information content (AvgIpc) is 3.36. The van der Waals surface area contributed by atoms with Crippen molar-refractivity contribution in [2.75, 3.05) is 33.4 Å². The van der Waals surface area contributed by atoms with Crippen molar-refractivity contribution in [1.82, 2.24) is 9.62 Å². The molecule has 1 saturated heterocycles. The van der Waals surface area contributed by atoms with Gasteiger partial charge in [0.15, 0.2) is 0 Å². The van der Waals surface area contributed by atoms with Crippen LogP contribution in [0, 0.1) is 0 Å². The van der Waals surface area contributed by atoms with Gasteiger partial charge >= 0.3 is 0 Å². The summed E-state index contributed by atoms with van der Waals surface area (Å²) in [5.41, 5.74) is 1.79. The molecule has 0 unspecified atom stereocenters. The van der Waals surface area contributed by atoms with Crippen LogP contribution in [-0.4, -0.2) is 52.0 Å². The molecule has 186 valence electrons. The third kappa shape index (κ3) is 6.51. The fourth-order valence-corrected chi connectivity index (χ4v) is 5.66. The van der Waals surface area contributed by atoms with Gasteiger partial charge in [-0.1, -0.05) is 39.0 Å². The molecule has 0 atom stereocenters. The maximum absolute atomic E-state index is 12.9. The van der Waals surface area contributed by atoms with E-state index in [2.05, 4.69) is 32.2 Å². The number of carbonyl (C=O) groups excluding carboxylic acids is 1.